The molecule has 2 amide bonds. The van der Waals surface area contributed by atoms with Crippen LogP contribution in [0.1, 0.15) is 23.0 Å². The van der Waals surface area contributed by atoms with Crippen LogP contribution in [0.2, 0.25) is 0 Å². The smallest absolute Gasteiger partial charge is 0.279 e. The molecule has 1 heterocycles. The summed E-state index contributed by atoms with van der Waals surface area (Å²) < 4.78 is 11.0. The van der Waals surface area contributed by atoms with Crippen LogP contribution in [-0.4, -0.2) is 25.0 Å². The third kappa shape index (κ3) is 5.30. The van der Waals surface area contributed by atoms with Gasteiger partial charge in [-0.05, 0) is 30.0 Å². The van der Waals surface area contributed by atoms with Crippen LogP contribution in [-0.2, 0) is 4.79 Å². The van der Waals surface area contributed by atoms with Gasteiger partial charge in [-0.15, -0.1) is 11.3 Å². The van der Waals surface area contributed by atoms with E-state index in [4.69, 9.17) is 9.47 Å². The first-order chi connectivity index (χ1) is 11.2. The highest BCUT2D eigenvalue weighted by atomic mass is 32.1. The van der Waals surface area contributed by atoms with Crippen molar-refractivity contribution in [3.8, 4) is 11.5 Å². The number of thiophene rings is 1. The Hall–Kier alpha value is -2.54. The first kappa shape index (κ1) is 16.8. The van der Waals surface area contributed by atoms with Gasteiger partial charge in [-0.25, -0.2) is 0 Å². The van der Waals surface area contributed by atoms with E-state index in [-0.39, 0.29) is 12.5 Å². The maximum absolute atomic E-state index is 11.7. The molecule has 2 aromatic rings. The molecule has 2 rings (SSSR count). The molecule has 122 valence electrons. The molecule has 23 heavy (non-hydrogen) atoms. The molecule has 7 heteroatoms. The number of hydrogen-bond donors (Lipinski definition) is 2. The van der Waals surface area contributed by atoms with Crippen molar-refractivity contribution in [3.05, 3.63) is 46.7 Å². The molecule has 1 aromatic carbocycles. The topological polar surface area (TPSA) is 76.7 Å². The lowest BCUT2D eigenvalue weighted by Gasteiger charge is -2.12. The Bertz CT molecular complexity index is 643. The fourth-order valence-corrected chi connectivity index (χ4v) is 2.29. The van der Waals surface area contributed by atoms with Crippen molar-refractivity contribution < 1.29 is 19.1 Å². The van der Waals surface area contributed by atoms with Crippen LogP contribution in [0.4, 0.5) is 0 Å². The molecule has 0 spiro atoms. The molecule has 2 N–H and O–H groups in total. The molecule has 0 saturated carbocycles. The third-order valence-electron chi connectivity index (χ3n) is 2.73. The molecule has 0 aliphatic carbocycles. The minimum atomic E-state index is -0.458. The molecular formula is C16H18N2O4S. The van der Waals surface area contributed by atoms with Crippen molar-refractivity contribution in [2.45, 2.75) is 13.3 Å². The lowest BCUT2D eigenvalue weighted by atomic mass is 10.3. The SMILES string of the molecule is CCCOc1ccccc1OCC(=O)NNC(=O)c1cccs1. The minimum absolute atomic E-state index is 0.225. The summed E-state index contributed by atoms with van der Waals surface area (Å²) in [5.74, 6) is 0.255. The van der Waals surface area contributed by atoms with Crippen LogP contribution in [0.5, 0.6) is 11.5 Å². The summed E-state index contributed by atoms with van der Waals surface area (Å²) in [6, 6.07) is 10.6. The number of rotatable bonds is 7. The number of hydrogen-bond acceptors (Lipinski definition) is 5. The summed E-state index contributed by atoms with van der Waals surface area (Å²) >= 11 is 1.29. The molecule has 0 saturated heterocycles. The minimum Gasteiger partial charge on any atom is -0.490 e. The van der Waals surface area contributed by atoms with Crippen molar-refractivity contribution in [1.29, 1.82) is 0 Å². The van der Waals surface area contributed by atoms with Crippen LogP contribution >= 0.6 is 11.3 Å². The predicted molar refractivity (Wildman–Crippen MR) is 87.7 cm³/mol. The van der Waals surface area contributed by atoms with Gasteiger partial charge in [-0.2, -0.15) is 0 Å². The number of ether oxygens (including phenoxy) is 2. The fraction of sp³-hybridized carbons (Fsp3) is 0.250. The molecule has 0 unspecified atom stereocenters. The Kier molecular flexibility index (Phi) is 6.43. The van der Waals surface area contributed by atoms with E-state index >= 15 is 0 Å². The van der Waals surface area contributed by atoms with E-state index in [0.29, 0.717) is 23.0 Å². The highest BCUT2D eigenvalue weighted by Crippen LogP contribution is 2.26. The second-order valence-electron chi connectivity index (χ2n) is 4.56. The Balaban J connectivity index is 1.79. The normalized spacial score (nSPS) is 9.96. The lowest BCUT2D eigenvalue weighted by Crippen LogP contribution is -2.43. The van der Waals surface area contributed by atoms with Gasteiger partial charge >= 0.3 is 0 Å². The Morgan fingerprint density at radius 2 is 1.78 bits per heavy atom. The van der Waals surface area contributed by atoms with Crippen LogP contribution in [0.15, 0.2) is 41.8 Å². The van der Waals surface area contributed by atoms with Crippen molar-refractivity contribution >= 4 is 23.2 Å². The Labute approximate surface area is 138 Å². The zero-order chi connectivity index (χ0) is 16.5. The number of hydrazine groups is 1. The summed E-state index contributed by atoms with van der Waals surface area (Å²) in [6.45, 7) is 2.36. The number of para-hydroxylation sites is 2. The van der Waals surface area contributed by atoms with E-state index in [1.165, 1.54) is 11.3 Å². The molecule has 0 aliphatic rings. The largest absolute Gasteiger partial charge is 0.490 e. The number of nitrogens with one attached hydrogen (secondary N) is 2. The van der Waals surface area contributed by atoms with Gasteiger partial charge in [0.2, 0.25) is 0 Å². The molecule has 0 fully saturated rings. The summed E-state index contributed by atoms with van der Waals surface area (Å²) in [7, 11) is 0. The van der Waals surface area contributed by atoms with Gasteiger partial charge in [0, 0.05) is 0 Å². The maximum Gasteiger partial charge on any atom is 0.279 e. The van der Waals surface area contributed by atoms with E-state index < -0.39 is 5.91 Å². The van der Waals surface area contributed by atoms with Crippen LogP contribution in [0.25, 0.3) is 0 Å². The van der Waals surface area contributed by atoms with Crippen molar-refractivity contribution in [3.63, 3.8) is 0 Å². The first-order valence-electron chi connectivity index (χ1n) is 7.18. The number of benzene rings is 1. The number of carbonyl (C=O) groups excluding carboxylic acids is 2. The average molecular weight is 334 g/mol. The zero-order valence-corrected chi connectivity index (χ0v) is 13.5. The molecule has 1 aromatic heterocycles. The van der Waals surface area contributed by atoms with Gasteiger partial charge in [0.25, 0.3) is 11.8 Å². The third-order valence-corrected chi connectivity index (χ3v) is 3.60. The molecule has 0 aliphatic heterocycles. The van der Waals surface area contributed by atoms with Gasteiger partial charge in [-0.3, -0.25) is 20.4 Å². The highest BCUT2D eigenvalue weighted by Gasteiger charge is 2.10. The van der Waals surface area contributed by atoms with Crippen LogP contribution in [0.3, 0.4) is 0 Å². The van der Waals surface area contributed by atoms with Crippen LogP contribution in [0, 0.1) is 0 Å². The zero-order valence-electron chi connectivity index (χ0n) is 12.7. The standard InChI is InChI=1S/C16H18N2O4S/c1-2-9-21-12-6-3-4-7-13(12)22-11-15(19)17-18-16(20)14-8-5-10-23-14/h3-8,10H,2,9,11H2,1H3,(H,17,19)(H,18,20). The van der Waals surface area contributed by atoms with Gasteiger partial charge in [0.1, 0.15) is 0 Å². The van der Waals surface area contributed by atoms with Gasteiger partial charge in [0.15, 0.2) is 18.1 Å². The van der Waals surface area contributed by atoms with Gasteiger partial charge in [0.05, 0.1) is 11.5 Å². The van der Waals surface area contributed by atoms with Gasteiger partial charge < -0.3 is 9.47 Å². The fourth-order valence-electron chi connectivity index (χ4n) is 1.68. The summed E-state index contributed by atoms with van der Waals surface area (Å²) in [4.78, 5) is 23.9. The molecular weight excluding hydrogens is 316 g/mol. The molecule has 6 nitrogen and oxygen atoms in total. The van der Waals surface area contributed by atoms with E-state index in [1.54, 1.807) is 35.7 Å². The maximum atomic E-state index is 11.7. The first-order valence-corrected chi connectivity index (χ1v) is 8.06. The lowest BCUT2D eigenvalue weighted by molar-refractivity contribution is -0.123. The number of amides is 2. The Morgan fingerprint density at radius 1 is 1.04 bits per heavy atom. The van der Waals surface area contributed by atoms with Crippen LogP contribution < -0.4 is 20.3 Å². The number of carbonyl (C=O) groups is 2. The van der Waals surface area contributed by atoms with Crippen molar-refractivity contribution in [2.75, 3.05) is 13.2 Å². The summed E-state index contributed by atoms with van der Waals surface area (Å²) in [5.41, 5.74) is 4.64. The molecule has 0 atom stereocenters. The second kappa shape index (κ2) is 8.79. The quantitative estimate of drug-likeness (QED) is 0.762. The summed E-state index contributed by atoms with van der Waals surface area (Å²) in [6.07, 6.45) is 0.879. The monoisotopic (exact) mass is 334 g/mol. The highest BCUT2D eigenvalue weighted by molar-refractivity contribution is 7.12. The van der Waals surface area contributed by atoms with Crippen molar-refractivity contribution in [2.24, 2.45) is 0 Å². The predicted octanol–water partition coefficient (Wildman–Crippen LogP) is 2.38. The van der Waals surface area contributed by atoms with E-state index in [0.717, 1.165) is 6.42 Å². The summed E-state index contributed by atoms with van der Waals surface area (Å²) in [5, 5.41) is 1.78. The Morgan fingerprint density at radius 3 is 2.43 bits per heavy atom. The second-order valence-corrected chi connectivity index (χ2v) is 5.51. The molecule has 0 bridgehead atoms. The van der Waals surface area contributed by atoms with Gasteiger partial charge in [-0.1, -0.05) is 25.1 Å². The van der Waals surface area contributed by atoms with Crippen molar-refractivity contribution in [1.82, 2.24) is 10.9 Å². The van der Waals surface area contributed by atoms with E-state index in [1.807, 2.05) is 13.0 Å². The van der Waals surface area contributed by atoms with E-state index in [2.05, 4.69) is 10.9 Å². The van der Waals surface area contributed by atoms with E-state index in [9.17, 15) is 9.59 Å². The average Bonchev–Trinajstić information content (AvgIpc) is 3.11. The molecule has 0 radical (unpaired) electrons.